The molecule has 30 nitrogen and oxygen atoms in total. The van der Waals surface area contributed by atoms with E-state index in [4.69, 9.17) is 5.73 Å². The summed E-state index contributed by atoms with van der Waals surface area (Å²) in [7, 11) is 0. The second-order valence-electron chi connectivity index (χ2n) is 26.3. The van der Waals surface area contributed by atoms with Crippen molar-refractivity contribution in [1.29, 1.82) is 0 Å². The predicted octanol–water partition coefficient (Wildman–Crippen LogP) is -0.556. The number of carboxylic acids is 1. The molecule has 0 unspecified atom stereocenters. The molecule has 11 amide bonds. The van der Waals surface area contributed by atoms with E-state index < -0.39 is 168 Å². The maximum absolute atomic E-state index is 15.4. The third kappa shape index (κ3) is 21.5. The molecule has 546 valence electrons. The summed E-state index contributed by atoms with van der Waals surface area (Å²) in [5, 5.41) is 55.0. The van der Waals surface area contributed by atoms with Crippen LogP contribution in [0, 0.1) is 17.8 Å². The van der Waals surface area contributed by atoms with E-state index >= 15 is 19.2 Å². The number of aromatic nitrogens is 3. The molecule has 0 saturated carbocycles. The van der Waals surface area contributed by atoms with E-state index in [1.165, 1.54) is 46.6 Å². The van der Waals surface area contributed by atoms with E-state index in [1.807, 2.05) is 12.1 Å². The molecule has 2 aliphatic heterocycles. The summed E-state index contributed by atoms with van der Waals surface area (Å²) >= 11 is 8.08. The first-order valence-corrected chi connectivity index (χ1v) is 34.9. The fraction of sp³-hybridized carbons (Fsp3) is 0.493. The molecule has 2 saturated heterocycles. The van der Waals surface area contributed by atoms with E-state index in [-0.39, 0.29) is 68.9 Å². The van der Waals surface area contributed by atoms with Crippen LogP contribution in [0.3, 0.4) is 0 Å². The lowest BCUT2D eigenvalue weighted by atomic mass is 9.99. The van der Waals surface area contributed by atoms with Crippen molar-refractivity contribution < 1.29 is 72.9 Å². The van der Waals surface area contributed by atoms with Crippen molar-refractivity contribution in [2.75, 3.05) is 31.2 Å². The standard InChI is InChI=1S/C69H93N15O15S2/c1-36(2)55(80-58(87)45(70)33-100)65(94)78-51(32-85)62(91)75-47(27-40-20-22-43(86)23-21-40)59(88)77-50(28-41-30-72-46-17-11-10-16-44(41)46)67(96)83-24-12-18-53(83)63(92)76-49(29-42-31-71-35-73-42)60(89)74-48(26-39-14-8-7-9-15-39)61(90)82-57(38(5)6)68(97)84-25-13-19-54(84)64(93)81-56(37(3)4)66(95)79-52(34-101)69(98)99/h7-11,14-17,20-23,30-31,35-38,45,47-57,72,85-86,100-101H,12-13,18-19,24-29,32-34,70H2,1-6H3,(H,71,73)(H,74,89)(H,75,91)(H,76,92)(H,77,88)(H,78,94)(H,79,95)(H,80,87)(H,81,93)(H,82,90)(H,98,99)/t45-,47-,48-,49-,50-,51-,52-,53-,54-,55-,56-,57-/m0/s1. The number of phenols is 1. The van der Waals surface area contributed by atoms with Gasteiger partial charge in [-0.1, -0.05) is 102 Å². The molecule has 101 heavy (non-hydrogen) atoms. The number of imidazole rings is 1. The molecular weight excluding hydrogens is 1340 g/mol. The van der Waals surface area contributed by atoms with Gasteiger partial charge in [-0.05, 0) is 78.3 Å². The van der Waals surface area contributed by atoms with Crippen LogP contribution in [0.15, 0.2) is 97.6 Å². The number of benzene rings is 3. The maximum Gasteiger partial charge on any atom is 0.327 e. The minimum absolute atomic E-state index is 0.0117. The lowest BCUT2D eigenvalue weighted by Crippen LogP contribution is -2.62. The highest BCUT2D eigenvalue weighted by Gasteiger charge is 2.44. The summed E-state index contributed by atoms with van der Waals surface area (Å²) in [6, 6.07) is 5.81. The summed E-state index contributed by atoms with van der Waals surface area (Å²) in [6.07, 6.45) is 4.77. The number of nitrogens with zero attached hydrogens (tertiary/aromatic N) is 3. The normalized spacial score (nSPS) is 17.4. The van der Waals surface area contributed by atoms with Crippen LogP contribution in [0.25, 0.3) is 10.9 Å². The van der Waals surface area contributed by atoms with Gasteiger partial charge in [-0.2, -0.15) is 25.3 Å². The minimum Gasteiger partial charge on any atom is -0.508 e. The number of aromatic amines is 2. The van der Waals surface area contributed by atoms with Crippen molar-refractivity contribution in [3.63, 3.8) is 0 Å². The number of aromatic hydroxyl groups is 1. The number of thiol groups is 2. The number of carbonyl (C=O) groups excluding carboxylic acids is 11. The van der Waals surface area contributed by atoms with Gasteiger partial charge in [0.25, 0.3) is 0 Å². The van der Waals surface area contributed by atoms with E-state index in [0.717, 1.165) is 0 Å². The molecule has 0 radical (unpaired) electrons. The molecule has 2 fully saturated rings. The number of aliphatic carboxylic acids is 1. The Bertz CT molecular complexity index is 3710. The van der Waals surface area contributed by atoms with Crippen LogP contribution in [0.1, 0.15) is 89.6 Å². The zero-order valence-electron chi connectivity index (χ0n) is 57.1. The first kappa shape index (κ1) is 78.8. The first-order chi connectivity index (χ1) is 48.1. The molecule has 7 rings (SSSR count). The molecule has 0 spiro atoms. The lowest BCUT2D eigenvalue weighted by Gasteiger charge is -2.33. The Morgan fingerprint density at radius 3 is 1.55 bits per heavy atom. The SMILES string of the molecule is CC(C)[C@H](NC(=O)[C@@H](N)CS)C(=O)N[C@@H](CO)C(=O)N[C@@H](Cc1ccc(O)cc1)C(=O)N[C@@H](Cc1c[nH]c2ccccc12)C(=O)N1CCC[C@H]1C(=O)N[C@@H](Cc1cnc[nH]1)C(=O)N[C@@H](Cc1ccccc1)C(=O)N[C@H](C(=O)N1CCC[C@H]1C(=O)N[C@H](C(=O)N[C@@H](CS)C(=O)O)C(C)C)C(C)C. The zero-order chi connectivity index (χ0) is 73.8. The highest BCUT2D eigenvalue weighted by molar-refractivity contribution is 7.80. The summed E-state index contributed by atoms with van der Waals surface area (Å²) in [5.74, 6) is -11.9. The van der Waals surface area contributed by atoms with Crippen molar-refractivity contribution in [2.45, 2.75) is 165 Å². The number of carboxylic acid groups (broad SMARTS) is 1. The van der Waals surface area contributed by atoms with Gasteiger partial charge in [0.2, 0.25) is 65.0 Å². The number of hydrogen-bond donors (Lipinski definition) is 17. The Morgan fingerprint density at radius 2 is 1.01 bits per heavy atom. The number of fused-ring (bicyclic) bond motifs is 1. The largest absolute Gasteiger partial charge is 0.508 e. The number of carbonyl (C=O) groups is 12. The van der Waals surface area contributed by atoms with Crippen molar-refractivity contribution in [3.8, 4) is 5.75 Å². The number of likely N-dealkylation sites (tertiary alicyclic amines) is 2. The Kier molecular flexibility index (Phi) is 29.0. The van der Waals surface area contributed by atoms with Crippen LogP contribution in [0.2, 0.25) is 0 Å². The van der Waals surface area contributed by atoms with Crippen molar-refractivity contribution in [2.24, 2.45) is 23.5 Å². The zero-order valence-corrected chi connectivity index (χ0v) is 58.9. The van der Waals surface area contributed by atoms with E-state index in [2.05, 4.69) is 88.1 Å². The topological polar surface area (TPSA) is 451 Å². The molecular formula is C69H93N15O15S2. The molecule has 16 N–H and O–H groups in total. The van der Waals surface area contributed by atoms with Gasteiger partial charge in [0.1, 0.15) is 72.2 Å². The Balaban J connectivity index is 1.13. The minimum atomic E-state index is -1.67. The number of amides is 11. The van der Waals surface area contributed by atoms with Gasteiger partial charge >= 0.3 is 5.97 Å². The Labute approximate surface area is 595 Å². The van der Waals surface area contributed by atoms with E-state index in [9.17, 15) is 53.7 Å². The number of phenolic OH excluding ortho intramolecular Hbond substituents is 1. The molecule has 2 aliphatic rings. The highest BCUT2D eigenvalue weighted by Crippen LogP contribution is 2.26. The fourth-order valence-corrected chi connectivity index (χ4v) is 12.5. The van der Waals surface area contributed by atoms with Crippen LogP contribution in [0.4, 0.5) is 0 Å². The second kappa shape index (κ2) is 37.2. The Hall–Kier alpha value is -9.53. The van der Waals surface area contributed by atoms with Crippen molar-refractivity contribution in [1.82, 2.24) is 72.6 Å². The summed E-state index contributed by atoms with van der Waals surface area (Å²) in [4.78, 5) is 183. The number of aliphatic hydroxyl groups excluding tert-OH is 1. The average Bonchev–Trinajstić information content (AvgIpc) is 1.72. The maximum atomic E-state index is 15.4. The number of nitrogens with one attached hydrogen (secondary N) is 11. The summed E-state index contributed by atoms with van der Waals surface area (Å²) in [5.41, 5.74) is 8.58. The number of para-hydroxylation sites is 1. The molecule has 3 aromatic carbocycles. The molecule has 0 aliphatic carbocycles. The van der Waals surface area contributed by atoms with Crippen LogP contribution in [-0.4, -0.2) is 215 Å². The van der Waals surface area contributed by atoms with Gasteiger partial charge in [-0.15, -0.1) is 0 Å². The molecule has 2 aromatic heterocycles. The van der Waals surface area contributed by atoms with Gasteiger partial charge in [0.05, 0.1) is 19.0 Å². The summed E-state index contributed by atoms with van der Waals surface area (Å²) in [6.45, 7) is 9.17. The molecule has 0 bridgehead atoms. The molecule has 12 atom stereocenters. The van der Waals surface area contributed by atoms with Crippen molar-refractivity contribution in [3.05, 3.63) is 120 Å². The van der Waals surface area contributed by atoms with E-state index in [0.29, 0.717) is 46.1 Å². The summed E-state index contributed by atoms with van der Waals surface area (Å²) < 4.78 is 0. The van der Waals surface area contributed by atoms with Crippen LogP contribution in [-0.2, 0) is 83.2 Å². The third-order valence-electron chi connectivity index (χ3n) is 17.8. The molecule has 5 aromatic rings. The van der Waals surface area contributed by atoms with Gasteiger partial charge in [0.15, 0.2) is 0 Å². The van der Waals surface area contributed by atoms with Gasteiger partial charge in [0, 0.05) is 79.3 Å². The number of nitrogens with two attached hydrogens (primary N) is 1. The number of aliphatic hydroxyl groups is 1. The number of rotatable bonds is 35. The molecule has 32 heteroatoms. The van der Waals surface area contributed by atoms with Gasteiger partial charge in [-0.3, -0.25) is 52.7 Å². The Morgan fingerprint density at radius 1 is 0.525 bits per heavy atom. The third-order valence-corrected chi connectivity index (χ3v) is 18.6. The first-order valence-electron chi connectivity index (χ1n) is 33.6. The predicted molar refractivity (Wildman–Crippen MR) is 378 cm³/mol. The van der Waals surface area contributed by atoms with Crippen LogP contribution in [0.5, 0.6) is 5.75 Å². The van der Waals surface area contributed by atoms with Gasteiger partial charge in [-0.25, -0.2) is 9.78 Å². The number of hydrogen-bond acceptors (Lipinski definition) is 18. The monoisotopic (exact) mass is 1440 g/mol. The quantitative estimate of drug-likeness (QED) is 0.0226. The van der Waals surface area contributed by atoms with E-state index in [1.54, 1.807) is 90.2 Å². The van der Waals surface area contributed by atoms with Gasteiger partial charge < -0.3 is 88.7 Å². The van der Waals surface area contributed by atoms with Crippen molar-refractivity contribution >= 4 is 107 Å². The smallest absolute Gasteiger partial charge is 0.327 e. The van der Waals surface area contributed by atoms with Crippen LogP contribution < -0.4 is 53.6 Å². The second-order valence-corrected chi connectivity index (χ2v) is 27.1. The molecule has 4 heterocycles. The number of H-pyrrole nitrogens is 2. The fourth-order valence-electron chi connectivity index (χ4n) is 12.1. The highest BCUT2D eigenvalue weighted by atomic mass is 32.1. The lowest BCUT2D eigenvalue weighted by molar-refractivity contribution is -0.144. The van der Waals surface area contributed by atoms with Crippen LogP contribution >= 0.6 is 25.3 Å². The average molecular weight is 1440 g/mol.